The maximum Gasteiger partial charge on any atom is 0.272 e. The van der Waals surface area contributed by atoms with Gasteiger partial charge in [0.05, 0.1) is 17.9 Å². The minimum Gasteiger partial charge on any atom is -0.494 e. The molecule has 0 aliphatic carbocycles. The first-order valence-electron chi connectivity index (χ1n) is 12.9. The number of halogens is 2. The summed E-state index contributed by atoms with van der Waals surface area (Å²) in [5, 5.41) is 8.14. The number of hydrogen-bond acceptors (Lipinski definition) is 5. The molecule has 0 bridgehead atoms. The van der Waals surface area contributed by atoms with Crippen molar-refractivity contribution in [3.05, 3.63) is 124 Å². The molecule has 3 amide bonds. The van der Waals surface area contributed by atoms with Crippen LogP contribution in [-0.2, 0) is 9.59 Å². The van der Waals surface area contributed by atoms with Gasteiger partial charge in [0.25, 0.3) is 11.8 Å². The Kier molecular flexibility index (Phi) is 10.9. The lowest BCUT2D eigenvalue weighted by Crippen LogP contribution is -2.31. The fourth-order valence-electron chi connectivity index (χ4n) is 3.70. The molecule has 4 aromatic carbocycles. The largest absolute Gasteiger partial charge is 0.494 e. The van der Waals surface area contributed by atoms with E-state index in [1.807, 2.05) is 6.92 Å². The summed E-state index contributed by atoms with van der Waals surface area (Å²) in [6.45, 7) is 2.48. The Morgan fingerprint density at radius 1 is 0.857 bits per heavy atom. The molecule has 0 radical (unpaired) electrons. The van der Waals surface area contributed by atoms with E-state index >= 15 is 0 Å². The van der Waals surface area contributed by atoms with Gasteiger partial charge in [-0.05, 0) is 91.4 Å². The summed E-state index contributed by atoms with van der Waals surface area (Å²) >= 11 is 4.72. The van der Waals surface area contributed by atoms with Crippen molar-refractivity contribution in [2.24, 2.45) is 0 Å². The van der Waals surface area contributed by atoms with Crippen molar-refractivity contribution < 1.29 is 23.5 Å². The molecular formula is C32H27BrFN3O4S. The standard InChI is InChI=1S/C32H27BrFN3O4S/c1-2-41-25-15-11-23(12-16-25)35-30(38)20-42-26-17-13-24(14-18-26)36-32(40)29(19-21-7-9-22(33)10-8-21)37-31(39)27-5-3-4-6-28(27)34/h3-19H,2,20H2,1H3,(H,35,38)(H,36,40)(H,37,39)/b29-19+. The number of carbonyl (C=O) groups is 3. The number of benzene rings is 4. The van der Waals surface area contributed by atoms with E-state index in [2.05, 4.69) is 31.9 Å². The number of ether oxygens (including phenoxy) is 1. The molecule has 0 fully saturated rings. The van der Waals surface area contributed by atoms with Gasteiger partial charge in [-0.15, -0.1) is 11.8 Å². The molecule has 0 aromatic heterocycles. The number of carbonyl (C=O) groups excluding carboxylic acids is 3. The smallest absolute Gasteiger partial charge is 0.272 e. The second kappa shape index (κ2) is 15.0. The van der Waals surface area contributed by atoms with Crippen LogP contribution in [0.15, 0.2) is 112 Å². The molecule has 4 aromatic rings. The van der Waals surface area contributed by atoms with Gasteiger partial charge in [-0.3, -0.25) is 14.4 Å². The topological polar surface area (TPSA) is 96.5 Å². The van der Waals surface area contributed by atoms with Crippen molar-refractivity contribution in [2.75, 3.05) is 23.0 Å². The van der Waals surface area contributed by atoms with E-state index in [9.17, 15) is 18.8 Å². The van der Waals surface area contributed by atoms with Crippen molar-refractivity contribution in [1.29, 1.82) is 0 Å². The van der Waals surface area contributed by atoms with Crippen molar-refractivity contribution in [3.63, 3.8) is 0 Å². The molecule has 10 heteroatoms. The lowest BCUT2D eigenvalue weighted by atomic mass is 10.1. The zero-order valence-corrected chi connectivity index (χ0v) is 24.9. The molecule has 4 rings (SSSR count). The third-order valence-electron chi connectivity index (χ3n) is 5.72. The Labute approximate surface area is 255 Å². The number of anilines is 2. The molecule has 0 saturated heterocycles. The highest BCUT2D eigenvalue weighted by Crippen LogP contribution is 2.22. The van der Waals surface area contributed by atoms with Crippen molar-refractivity contribution in [2.45, 2.75) is 11.8 Å². The molecule has 7 nitrogen and oxygen atoms in total. The van der Waals surface area contributed by atoms with E-state index in [0.717, 1.165) is 15.1 Å². The number of rotatable bonds is 11. The number of amides is 3. The van der Waals surface area contributed by atoms with Crippen LogP contribution in [0.5, 0.6) is 5.75 Å². The van der Waals surface area contributed by atoms with Crippen molar-refractivity contribution in [3.8, 4) is 5.75 Å². The Morgan fingerprint density at radius 3 is 2.17 bits per heavy atom. The number of nitrogens with one attached hydrogen (secondary N) is 3. The maximum absolute atomic E-state index is 14.2. The summed E-state index contributed by atoms with van der Waals surface area (Å²) < 4.78 is 20.5. The molecule has 3 N–H and O–H groups in total. The fraction of sp³-hybridized carbons (Fsp3) is 0.0938. The van der Waals surface area contributed by atoms with Crippen molar-refractivity contribution in [1.82, 2.24) is 5.32 Å². The third-order valence-corrected chi connectivity index (χ3v) is 7.26. The van der Waals surface area contributed by atoms with E-state index in [1.54, 1.807) is 78.9 Å². The van der Waals surface area contributed by atoms with Crippen LogP contribution < -0.4 is 20.7 Å². The molecule has 0 unspecified atom stereocenters. The first-order valence-corrected chi connectivity index (χ1v) is 14.7. The molecule has 0 aliphatic heterocycles. The van der Waals surface area contributed by atoms with Gasteiger partial charge in [-0.1, -0.05) is 40.2 Å². The molecule has 214 valence electrons. The van der Waals surface area contributed by atoms with Gasteiger partial charge in [0.15, 0.2) is 0 Å². The lowest BCUT2D eigenvalue weighted by molar-refractivity contribution is -0.114. The summed E-state index contributed by atoms with van der Waals surface area (Å²) in [7, 11) is 0. The van der Waals surface area contributed by atoms with Crippen LogP contribution in [0, 0.1) is 5.82 Å². The summed E-state index contributed by atoms with van der Waals surface area (Å²) in [5.74, 6) is -1.25. The molecule has 0 spiro atoms. The zero-order valence-electron chi connectivity index (χ0n) is 22.5. The molecule has 0 heterocycles. The Hall–Kier alpha value is -4.41. The van der Waals surface area contributed by atoms with E-state index in [0.29, 0.717) is 23.5 Å². The van der Waals surface area contributed by atoms with Gasteiger partial charge in [0, 0.05) is 20.7 Å². The van der Waals surface area contributed by atoms with Gasteiger partial charge in [0.1, 0.15) is 17.3 Å². The average molecular weight is 649 g/mol. The third kappa shape index (κ3) is 9.05. The van der Waals surface area contributed by atoms with Crippen LogP contribution in [0.4, 0.5) is 15.8 Å². The number of thioether (sulfide) groups is 1. The normalized spacial score (nSPS) is 11.0. The molecule has 0 aliphatic rings. The molecule has 0 saturated carbocycles. The van der Waals surface area contributed by atoms with Crippen molar-refractivity contribution >= 4 is 62.9 Å². The van der Waals surface area contributed by atoms with E-state index in [4.69, 9.17) is 4.74 Å². The quantitative estimate of drug-likeness (QED) is 0.119. The monoisotopic (exact) mass is 647 g/mol. The van der Waals surface area contributed by atoms with E-state index in [1.165, 1.54) is 36.0 Å². The Bertz CT molecular complexity index is 1580. The van der Waals surface area contributed by atoms with E-state index < -0.39 is 17.6 Å². The van der Waals surface area contributed by atoms with Gasteiger partial charge in [-0.25, -0.2) is 4.39 Å². The minimum absolute atomic E-state index is 0.0602. The average Bonchev–Trinajstić information content (AvgIpc) is 2.99. The van der Waals surface area contributed by atoms with Crippen LogP contribution in [0.3, 0.4) is 0 Å². The second-order valence-electron chi connectivity index (χ2n) is 8.82. The van der Waals surface area contributed by atoms with Crippen LogP contribution >= 0.6 is 27.7 Å². The van der Waals surface area contributed by atoms with Crippen LogP contribution in [0.2, 0.25) is 0 Å². The Balaban J connectivity index is 1.38. The van der Waals surface area contributed by atoms with Gasteiger partial charge >= 0.3 is 0 Å². The first kappa shape index (κ1) is 30.5. The maximum atomic E-state index is 14.2. The minimum atomic E-state index is -0.748. The summed E-state index contributed by atoms with van der Waals surface area (Å²) in [6.07, 6.45) is 1.51. The highest BCUT2D eigenvalue weighted by atomic mass is 79.9. The molecule has 0 atom stereocenters. The summed E-state index contributed by atoms with van der Waals surface area (Å²) in [4.78, 5) is 39.2. The van der Waals surface area contributed by atoms with Gasteiger partial charge in [0.2, 0.25) is 5.91 Å². The second-order valence-corrected chi connectivity index (χ2v) is 10.8. The predicted octanol–water partition coefficient (Wildman–Crippen LogP) is 7.13. The fourth-order valence-corrected chi connectivity index (χ4v) is 4.66. The van der Waals surface area contributed by atoms with Crippen LogP contribution in [0.25, 0.3) is 6.08 Å². The Morgan fingerprint density at radius 2 is 1.50 bits per heavy atom. The van der Waals surface area contributed by atoms with Gasteiger partial charge < -0.3 is 20.7 Å². The van der Waals surface area contributed by atoms with Gasteiger partial charge in [-0.2, -0.15) is 0 Å². The number of hydrogen-bond donors (Lipinski definition) is 3. The summed E-state index contributed by atoms with van der Waals surface area (Å²) in [6, 6.07) is 26.8. The van der Waals surface area contributed by atoms with E-state index in [-0.39, 0.29) is 22.9 Å². The zero-order chi connectivity index (χ0) is 29.9. The molecule has 42 heavy (non-hydrogen) atoms. The predicted molar refractivity (Wildman–Crippen MR) is 168 cm³/mol. The highest BCUT2D eigenvalue weighted by Gasteiger charge is 2.17. The first-order chi connectivity index (χ1) is 20.3. The summed E-state index contributed by atoms with van der Waals surface area (Å²) in [5.41, 5.74) is 1.57. The van der Waals surface area contributed by atoms with Crippen LogP contribution in [0.1, 0.15) is 22.8 Å². The molecular weight excluding hydrogens is 621 g/mol. The van der Waals surface area contributed by atoms with Crippen LogP contribution in [-0.4, -0.2) is 30.1 Å². The highest BCUT2D eigenvalue weighted by molar-refractivity contribution is 9.10. The lowest BCUT2D eigenvalue weighted by Gasteiger charge is -2.12. The SMILES string of the molecule is CCOc1ccc(NC(=O)CSc2ccc(NC(=O)/C(=C\c3ccc(Br)cc3)NC(=O)c3ccccc3F)cc2)cc1.